The molecular formula is C10H16O3. The molecule has 0 fully saturated rings. The summed E-state index contributed by atoms with van der Waals surface area (Å²) in [5.41, 5.74) is 1.35. The fourth-order valence-electron chi connectivity index (χ4n) is 0.989. The molecule has 1 aromatic rings. The summed E-state index contributed by atoms with van der Waals surface area (Å²) in [6.45, 7) is 4.36. The van der Waals surface area contributed by atoms with Crippen LogP contribution in [0.4, 0.5) is 0 Å². The van der Waals surface area contributed by atoms with Gasteiger partial charge in [-0.1, -0.05) is 26.0 Å². The minimum absolute atomic E-state index is 0.598. The summed E-state index contributed by atoms with van der Waals surface area (Å²) in [6.07, 6.45) is 0. The summed E-state index contributed by atoms with van der Waals surface area (Å²) in [5.74, 6) is 1.52. The van der Waals surface area contributed by atoms with Crippen LogP contribution < -0.4 is 4.74 Å². The van der Waals surface area contributed by atoms with Gasteiger partial charge >= 0.3 is 0 Å². The van der Waals surface area contributed by atoms with Gasteiger partial charge in [0.25, 0.3) is 0 Å². The molecule has 0 aliphatic heterocycles. The molecule has 0 saturated carbocycles. The molecule has 0 heterocycles. The van der Waals surface area contributed by atoms with Crippen molar-refractivity contribution in [2.75, 3.05) is 7.11 Å². The van der Waals surface area contributed by atoms with Crippen molar-refractivity contribution in [3.8, 4) is 5.75 Å². The molecule has 1 aromatic carbocycles. The molecule has 0 atom stereocenters. The highest BCUT2D eigenvalue weighted by atomic mass is 17.0. The van der Waals surface area contributed by atoms with Crippen LogP contribution in [0.2, 0.25) is 0 Å². The predicted octanol–water partition coefficient (Wildman–Crippen LogP) is 2.84. The first kappa shape index (κ1) is 11.9. The normalized spacial score (nSPS) is 9.08. The number of hydrogen-bond acceptors (Lipinski definition) is 3. The topological polar surface area (TPSA) is 49.7 Å². The van der Waals surface area contributed by atoms with Gasteiger partial charge in [0.2, 0.25) is 0 Å². The average molecular weight is 184 g/mol. The van der Waals surface area contributed by atoms with Crippen molar-refractivity contribution in [2.45, 2.75) is 19.8 Å². The van der Waals surface area contributed by atoms with Gasteiger partial charge < -0.3 is 4.74 Å². The van der Waals surface area contributed by atoms with Crippen molar-refractivity contribution in [3.05, 3.63) is 29.8 Å². The summed E-state index contributed by atoms with van der Waals surface area (Å²) < 4.78 is 5.05. The third-order valence-corrected chi connectivity index (χ3v) is 1.78. The lowest BCUT2D eigenvalue weighted by Crippen LogP contribution is -1.87. The molecule has 0 amide bonds. The molecule has 0 aliphatic rings. The Balaban J connectivity index is 0.000000671. The van der Waals surface area contributed by atoms with E-state index in [1.54, 1.807) is 7.11 Å². The molecule has 0 bridgehead atoms. The summed E-state index contributed by atoms with van der Waals surface area (Å²) in [5, 5.41) is 12.0. The van der Waals surface area contributed by atoms with Gasteiger partial charge in [-0.05, 0) is 23.6 Å². The van der Waals surface area contributed by atoms with E-state index in [0.717, 1.165) is 5.75 Å². The Hall–Kier alpha value is -1.06. The largest absolute Gasteiger partial charge is 0.497 e. The minimum atomic E-state index is 0.598. The Morgan fingerprint density at radius 2 is 1.54 bits per heavy atom. The second-order valence-corrected chi connectivity index (χ2v) is 2.93. The summed E-state index contributed by atoms with van der Waals surface area (Å²) in [6, 6.07) is 8.19. The van der Waals surface area contributed by atoms with Crippen LogP contribution in [0.25, 0.3) is 0 Å². The number of benzene rings is 1. The molecule has 0 aromatic heterocycles. The first-order valence-corrected chi connectivity index (χ1v) is 4.08. The fraction of sp³-hybridized carbons (Fsp3) is 0.400. The summed E-state index contributed by atoms with van der Waals surface area (Å²) >= 11 is 0. The zero-order chi connectivity index (χ0) is 10.3. The van der Waals surface area contributed by atoms with Crippen LogP contribution in [0.15, 0.2) is 24.3 Å². The van der Waals surface area contributed by atoms with Gasteiger partial charge in [-0.3, -0.25) is 10.5 Å². The number of hydrogen-bond donors (Lipinski definition) is 2. The summed E-state index contributed by atoms with van der Waals surface area (Å²) in [7, 11) is 1.68. The first-order chi connectivity index (χ1) is 6.24. The van der Waals surface area contributed by atoms with Crippen LogP contribution in [0, 0.1) is 0 Å². The van der Waals surface area contributed by atoms with Crippen molar-refractivity contribution in [2.24, 2.45) is 0 Å². The van der Waals surface area contributed by atoms with Gasteiger partial charge in [-0.25, -0.2) is 0 Å². The molecule has 0 saturated heterocycles. The molecule has 13 heavy (non-hydrogen) atoms. The van der Waals surface area contributed by atoms with E-state index in [-0.39, 0.29) is 0 Å². The standard InChI is InChI=1S/C10H14O.H2O2/c1-8(2)9-4-6-10(11-3)7-5-9;1-2/h4-8H,1-3H3;1-2H. The molecule has 3 nitrogen and oxygen atoms in total. The molecule has 2 N–H and O–H groups in total. The second-order valence-electron chi connectivity index (χ2n) is 2.93. The SMILES string of the molecule is COc1ccc(C(C)C)cc1.OO. The van der Waals surface area contributed by atoms with Crippen LogP contribution in [0.1, 0.15) is 25.3 Å². The highest BCUT2D eigenvalue weighted by Crippen LogP contribution is 2.17. The molecule has 0 radical (unpaired) electrons. The minimum Gasteiger partial charge on any atom is -0.497 e. The monoisotopic (exact) mass is 184 g/mol. The predicted molar refractivity (Wildman–Crippen MR) is 52.3 cm³/mol. The van der Waals surface area contributed by atoms with Gasteiger partial charge in [0, 0.05) is 0 Å². The molecule has 0 spiro atoms. The molecular weight excluding hydrogens is 168 g/mol. The van der Waals surface area contributed by atoms with Crippen LogP contribution in [-0.4, -0.2) is 17.6 Å². The van der Waals surface area contributed by atoms with Crippen LogP contribution in [0.3, 0.4) is 0 Å². The molecule has 3 heteroatoms. The van der Waals surface area contributed by atoms with E-state index in [2.05, 4.69) is 26.0 Å². The molecule has 74 valence electrons. The van der Waals surface area contributed by atoms with Gasteiger partial charge in [-0.15, -0.1) is 0 Å². The highest BCUT2D eigenvalue weighted by Gasteiger charge is 1.97. The van der Waals surface area contributed by atoms with Gasteiger partial charge in [0.15, 0.2) is 0 Å². The zero-order valence-electron chi connectivity index (χ0n) is 8.19. The second kappa shape index (κ2) is 6.46. The maximum absolute atomic E-state index is 6.00. The number of rotatable bonds is 2. The maximum Gasteiger partial charge on any atom is 0.118 e. The van der Waals surface area contributed by atoms with Gasteiger partial charge in [0.05, 0.1) is 7.11 Å². The van der Waals surface area contributed by atoms with Gasteiger partial charge in [0.1, 0.15) is 5.75 Å². The van der Waals surface area contributed by atoms with Crippen molar-refractivity contribution in [1.82, 2.24) is 0 Å². The third kappa shape index (κ3) is 3.92. The third-order valence-electron chi connectivity index (χ3n) is 1.78. The van der Waals surface area contributed by atoms with Crippen molar-refractivity contribution < 1.29 is 15.3 Å². The van der Waals surface area contributed by atoms with Crippen LogP contribution in [0.5, 0.6) is 5.75 Å². The molecule has 0 unspecified atom stereocenters. The fourth-order valence-corrected chi connectivity index (χ4v) is 0.989. The average Bonchev–Trinajstić information content (AvgIpc) is 2.21. The summed E-state index contributed by atoms with van der Waals surface area (Å²) in [4.78, 5) is 0. The number of ether oxygens (including phenoxy) is 1. The molecule has 0 aliphatic carbocycles. The smallest absolute Gasteiger partial charge is 0.118 e. The lowest BCUT2D eigenvalue weighted by molar-refractivity contribution is -0.176. The van der Waals surface area contributed by atoms with Crippen molar-refractivity contribution in [3.63, 3.8) is 0 Å². The highest BCUT2D eigenvalue weighted by molar-refractivity contribution is 5.28. The van der Waals surface area contributed by atoms with E-state index in [1.165, 1.54) is 5.56 Å². The zero-order valence-corrected chi connectivity index (χ0v) is 8.19. The van der Waals surface area contributed by atoms with Crippen LogP contribution >= 0.6 is 0 Å². The van der Waals surface area contributed by atoms with Crippen molar-refractivity contribution in [1.29, 1.82) is 0 Å². The Morgan fingerprint density at radius 1 is 1.08 bits per heavy atom. The van der Waals surface area contributed by atoms with E-state index >= 15 is 0 Å². The van der Waals surface area contributed by atoms with E-state index in [4.69, 9.17) is 15.3 Å². The van der Waals surface area contributed by atoms with Gasteiger partial charge in [-0.2, -0.15) is 0 Å². The van der Waals surface area contributed by atoms with Crippen molar-refractivity contribution >= 4 is 0 Å². The quantitative estimate of drug-likeness (QED) is 0.549. The Morgan fingerprint density at radius 3 is 1.85 bits per heavy atom. The Bertz CT molecular complexity index is 216. The Labute approximate surface area is 78.5 Å². The van der Waals surface area contributed by atoms with E-state index < -0.39 is 0 Å². The Kier molecular flexibility index (Phi) is 5.93. The van der Waals surface area contributed by atoms with E-state index in [1.807, 2.05) is 12.1 Å². The van der Waals surface area contributed by atoms with E-state index in [0.29, 0.717) is 5.92 Å². The molecule has 1 rings (SSSR count). The lowest BCUT2D eigenvalue weighted by Gasteiger charge is -2.05. The van der Waals surface area contributed by atoms with Crippen LogP contribution in [-0.2, 0) is 0 Å². The lowest BCUT2D eigenvalue weighted by atomic mass is 10.0. The van der Waals surface area contributed by atoms with E-state index in [9.17, 15) is 0 Å². The maximum atomic E-state index is 6.00. The number of methoxy groups -OCH3 is 1. The first-order valence-electron chi connectivity index (χ1n) is 4.08.